The molecule has 0 fully saturated rings. The minimum atomic E-state index is -1.02. The molecule has 0 aromatic carbocycles. The van der Waals surface area contributed by atoms with Crippen molar-refractivity contribution in [1.82, 2.24) is 10.2 Å². The average molecular weight is 306 g/mol. The van der Waals surface area contributed by atoms with Gasteiger partial charge < -0.3 is 15.3 Å². The van der Waals surface area contributed by atoms with E-state index in [1.165, 1.54) is 16.2 Å². The highest BCUT2D eigenvalue weighted by Crippen LogP contribution is 2.33. The van der Waals surface area contributed by atoms with Crippen LogP contribution >= 0.6 is 11.3 Å². The van der Waals surface area contributed by atoms with Crippen molar-refractivity contribution in [1.29, 1.82) is 0 Å². The topological polar surface area (TPSA) is 69.6 Å². The molecule has 2 N–H and O–H groups in total. The maximum atomic E-state index is 12.3. The number of carbonyl (C=O) groups excluding carboxylic acids is 1. The first-order chi connectivity index (χ1) is 10.1. The number of rotatable bonds is 4. The molecule has 1 aliphatic rings. The van der Waals surface area contributed by atoms with Gasteiger partial charge in [0.1, 0.15) is 0 Å². The molecule has 1 aliphatic heterocycles. The number of nitrogens with one attached hydrogen (secondary N) is 1. The van der Waals surface area contributed by atoms with E-state index < -0.39 is 18.0 Å². The molecule has 6 heteroatoms. The fraction of sp³-hybridized carbons (Fsp3) is 0.467. The van der Waals surface area contributed by atoms with Gasteiger partial charge in [0.15, 0.2) is 6.04 Å². The van der Waals surface area contributed by atoms with Crippen molar-refractivity contribution in [2.24, 2.45) is 0 Å². The van der Waals surface area contributed by atoms with Crippen LogP contribution < -0.4 is 5.32 Å². The molecule has 2 rings (SSSR count). The summed E-state index contributed by atoms with van der Waals surface area (Å²) in [4.78, 5) is 26.3. The fourth-order valence-electron chi connectivity index (χ4n) is 2.52. The molecular weight excluding hydrogens is 288 g/mol. The largest absolute Gasteiger partial charge is 0.479 e. The van der Waals surface area contributed by atoms with E-state index >= 15 is 0 Å². The van der Waals surface area contributed by atoms with Crippen molar-refractivity contribution in [2.75, 3.05) is 6.54 Å². The van der Waals surface area contributed by atoms with E-state index in [0.29, 0.717) is 24.9 Å². The number of terminal acetylenes is 1. The van der Waals surface area contributed by atoms with Gasteiger partial charge in [0.25, 0.3) is 0 Å². The number of hydrogen-bond acceptors (Lipinski definition) is 3. The summed E-state index contributed by atoms with van der Waals surface area (Å²) in [6.07, 6.45) is 7.60. The number of nitrogens with zero attached hydrogens (tertiary/aromatic N) is 1. The molecule has 0 spiro atoms. The number of urea groups is 1. The zero-order chi connectivity index (χ0) is 15.4. The molecule has 2 atom stereocenters. The third-order valence-electron chi connectivity index (χ3n) is 3.54. The normalized spacial score (nSPS) is 18.5. The highest BCUT2D eigenvalue weighted by molar-refractivity contribution is 7.10. The maximum Gasteiger partial charge on any atom is 0.331 e. The Morgan fingerprint density at radius 1 is 1.67 bits per heavy atom. The van der Waals surface area contributed by atoms with Crippen LogP contribution in [0.15, 0.2) is 11.4 Å². The van der Waals surface area contributed by atoms with Crippen molar-refractivity contribution in [3.63, 3.8) is 0 Å². The van der Waals surface area contributed by atoms with E-state index in [-0.39, 0.29) is 6.04 Å². The van der Waals surface area contributed by atoms with E-state index in [2.05, 4.69) is 11.2 Å². The molecule has 2 amide bonds. The zero-order valence-corrected chi connectivity index (χ0v) is 12.7. The van der Waals surface area contributed by atoms with Crippen molar-refractivity contribution in [3.8, 4) is 12.3 Å². The van der Waals surface area contributed by atoms with Gasteiger partial charge in [-0.3, -0.25) is 0 Å². The summed E-state index contributed by atoms with van der Waals surface area (Å²) in [6, 6.07) is 0.0830. The van der Waals surface area contributed by atoms with Gasteiger partial charge >= 0.3 is 12.0 Å². The number of carboxylic acid groups (broad SMARTS) is 1. The predicted octanol–water partition coefficient (Wildman–Crippen LogP) is 2.24. The summed E-state index contributed by atoms with van der Waals surface area (Å²) >= 11 is 1.53. The van der Waals surface area contributed by atoms with E-state index in [0.717, 1.165) is 11.3 Å². The number of carbonyl (C=O) groups is 2. The number of amides is 2. The molecule has 5 nitrogen and oxygen atoms in total. The lowest BCUT2D eigenvalue weighted by Gasteiger charge is -2.33. The summed E-state index contributed by atoms with van der Waals surface area (Å²) in [5.74, 6) is 1.51. The Bertz CT molecular complexity index is 576. The Morgan fingerprint density at radius 2 is 2.43 bits per heavy atom. The average Bonchev–Trinajstić information content (AvgIpc) is 2.93. The van der Waals surface area contributed by atoms with Gasteiger partial charge in [0, 0.05) is 11.4 Å². The SMILES string of the molecule is C#CC(CCC)NC(=O)N1CCc2sccc2C1C(=O)O. The van der Waals surface area contributed by atoms with Crippen molar-refractivity contribution in [3.05, 3.63) is 21.9 Å². The number of carboxylic acids is 1. The highest BCUT2D eigenvalue weighted by atomic mass is 32.1. The molecule has 1 aromatic heterocycles. The van der Waals surface area contributed by atoms with Crippen molar-refractivity contribution < 1.29 is 14.7 Å². The monoisotopic (exact) mass is 306 g/mol. The van der Waals surface area contributed by atoms with E-state index in [1.807, 2.05) is 12.3 Å². The number of aliphatic carboxylic acids is 1. The van der Waals surface area contributed by atoms with Crippen LogP contribution in [-0.4, -0.2) is 34.6 Å². The van der Waals surface area contributed by atoms with Crippen LogP contribution in [0.1, 0.15) is 36.2 Å². The summed E-state index contributed by atoms with van der Waals surface area (Å²) in [7, 11) is 0. The van der Waals surface area contributed by atoms with Crippen LogP contribution in [0.2, 0.25) is 0 Å². The number of hydrogen-bond donors (Lipinski definition) is 2. The zero-order valence-electron chi connectivity index (χ0n) is 11.8. The summed E-state index contributed by atoms with van der Waals surface area (Å²) in [5.41, 5.74) is 0.710. The Hall–Kier alpha value is -2.00. The van der Waals surface area contributed by atoms with Crippen LogP contribution in [0.25, 0.3) is 0 Å². The van der Waals surface area contributed by atoms with Gasteiger partial charge in [-0.05, 0) is 29.9 Å². The molecule has 0 aliphatic carbocycles. The number of fused-ring (bicyclic) bond motifs is 1. The van der Waals surface area contributed by atoms with E-state index in [4.69, 9.17) is 6.42 Å². The first-order valence-electron chi connectivity index (χ1n) is 6.90. The molecule has 0 radical (unpaired) electrons. The van der Waals surface area contributed by atoms with Gasteiger partial charge in [-0.15, -0.1) is 17.8 Å². The van der Waals surface area contributed by atoms with Crippen molar-refractivity contribution in [2.45, 2.75) is 38.3 Å². The highest BCUT2D eigenvalue weighted by Gasteiger charge is 2.36. The van der Waals surface area contributed by atoms with Crippen LogP contribution in [0, 0.1) is 12.3 Å². The smallest absolute Gasteiger partial charge is 0.331 e. The second kappa shape index (κ2) is 6.64. The second-order valence-electron chi connectivity index (χ2n) is 4.94. The Balaban J connectivity index is 2.17. The molecule has 2 heterocycles. The van der Waals surface area contributed by atoms with Gasteiger partial charge in [-0.25, -0.2) is 9.59 Å². The first-order valence-corrected chi connectivity index (χ1v) is 7.78. The Morgan fingerprint density at radius 3 is 3.05 bits per heavy atom. The predicted molar refractivity (Wildman–Crippen MR) is 81.2 cm³/mol. The van der Waals surface area contributed by atoms with Gasteiger partial charge in [0.05, 0.1) is 6.04 Å². The standard InChI is InChI=1S/C15H18N2O3S/c1-3-5-10(4-2)16-15(20)17-8-6-12-11(7-9-21-12)13(17)14(18)19/h2,7,9-10,13H,3,5-6,8H2,1H3,(H,16,20)(H,18,19). The van der Waals surface area contributed by atoms with E-state index in [1.54, 1.807) is 6.07 Å². The van der Waals surface area contributed by atoms with Gasteiger partial charge in [-0.1, -0.05) is 19.3 Å². The molecule has 112 valence electrons. The van der Waals surface area contributed by atoms with Gasteiger partial charge in [0.2, 0.25) is 0 Å². The lowest BCUT2D eigenvalue weighted by atomic mass is 10.0. The lowest BCUT2D eigenvalue weighted by Crippen LogP contribution is -2.50. The summed E-state index contributed by atoms with van der Waals surface area (Å²) < 4.78 is 0. The quantitative estimate of drug-likeness (QED) is 0.838. The molecule has 1 aromatic rings. The third kappa shape index (κ3) is 3.19. The van der Waals surface area contributed by atoms with Crippen LogP contribution in [0.5, 0.6) is 0 Å². The molecule has 0 bridgehead atoms. The van der Waals surface area contributed by atoms with E-state index in [9.17, 15) is 14.7 Å². The fourth-order valence-corrected chi connectivity index (χ4v) is 3.42. The Labute approximate surface area is 128 Å². The van der Waals surface area contributed by atoms with Gasteiger partial charge in [-0.2, -0.15) is 0 Å². The molecule has 21 heavy (non-hydrogen) atoms. The summed E-state index contributed by atoms with van der Waals surface area (Å²) in [6.45, 7) is 2.37. The first kappa shape index (κ1) is 15.4. The Kier molecular flexibility index (Phi) is 4.86. The minimum Gasteiger partial charge on any atom is -0.479 e. The number of thiophene rings is 1. The lowest BCUT2D eigenvalue weighted by molar-refractivity contribution is -0.142. The molecule has 0 saturated carbocycles. The molecular formula is C15H18N2O3S. The molecule has 2 unspecified atom stereocenters. The maximum absolute atomic E-state index is 12.3. The minimum absolute atomic E-state index is 0.360. The van der Waals surface area contributed by atoms with Crippen LogP contribution in [0.3, 0.4) is 0 Å². The van der Waals surface area contributed by atoms with Crippen LogP contribution in [-0.2, 0) is 11.2 Å². The third-order valence-corrected chi connectivity index (χ3v) is 4.53. The molecule has 0 saturated heterocycles. The summed E-state index contributed by atoms with van der Waals surface area (Å²) in [5, 5.41) is 14.1. The van der Waals surface area contributed by atoms with Crippen LogP contribution in [0.4, 0.5) is 4.79 Å². The van der Waals surface area contributed by atoms with Crippen molar-refractivity contribution >= 4 is 23.3 Å². The second-order valence-corrected chi connectivity index (χ2v) is 5.94.